The number of anilines is 1. The summed E-state index contributed by atoms with van der Waals surface area (Å²) in [6, 6.07) is 16.0. The first-order valence-corrected chi connectivity index (χ1v) is 11.7. The molecule has 4 aromatic rings. The SMILES string of the molecule is CCc1c(C)c(C#N)c2nc3ccccn3c2c1NCC[C@H](NC(=O)OCc1ccccc1)C(=O)O. The van der Waals surface area contributed by atoms with Crippen LogP contribution in [-0.4, -0.2) is 39.1 Å². The number of hydrogen-bond acceptors (Lipinski definition) is 6. The molecule has 3 N–H and O–H groups in total. The van der Waals surface area contributed by atoms with Crippen molar-refractivity contribution >= 4 is 34.4 Å². The Morgan fingerprint density at radius 1 is 1.19 bits per heavy atom. The van der Waals surface area contributed by atoms with Gasteiger partial charge < -0.3 is 20.5 Å². The average Bonchev–Trinajstić information content (AvgIpc) is 3.26. The van der Waals surface area contributed by atoms with Crippen molar-refractivity contribution in [2.75, 3.05) is 11.9 Å². The molecular formula is C27H27N5O4. The summed E-state index contributed by atoms with van der Waals surface area (Å²) in [5, 5.41) is 25.3. The summed E-state index contributed by atoms with van der Waals surface area (Å²) in [6.07, 6.45) is 1.89. The van der Waals surface area contributed by atoms with Gasteiger partial charge in [0.25, 0.3) is 0 Å². The molecule has 0 saturated carbocycles. The smallest absolute Gasteiger partial charge is 0.408 e. The summed E-state index contributed by atoms with van der Waals surface area (Å²) >= 11 is 0. The van der Waals surface area contributed by atoms with E-state index in [1.54, 1.807) is 0 Å². The predicted molar refractivity (Wildman–Crippen MR) is 136 cm³/mol. The fourth-order valence-corrected chi connectivity index (χ4v) is 4.34. The monoisotopic (exact) mass is 485 g/mol. The molecule has 0 radical (unpaired) electrons. The number of nitrogens with zero attached hydrogens (tertiary/aromatic N) is 3. The molecule has 0 unspecified atom stereocenters. The number of carboxylic acids is 1. The van der Waals surface area contributed by atoms with Crippen molar-refractivity contribution in [2.45, 2.75) is 39.3 Å². The van der Waals surface area contributed by atoms with Crippen molar-refractivity contribution in [2.24, 2.45) is 0 Å². The van der Waals surface area contributed by atoms with E-state index in [1.807, 2.05) is 73.0 Å². The molecule has 2 aromatic heterocycles. The second-order valence-electron chi connectivity index (χ2n) is 8.37. The molecule has 9 nitrogen and oxygen atoms in total. The van der Waals surface area contributed by atoms with Crippen LogP contribution in [0.15, 0.2) is 54.7 Å². The Labute approximate surface area is 208 Å². The molecule has 0 bridgehead atoms. The number of imidazole rings is 1. The van der Waals surface area contributed by atoms with Crippen LogP contribution in [0.1, 0.15) is 35.6 Å². The van der Waals surface area contributed by atoms with E-state index in [0.29, 0.717) is 23.1 Å². The van der Waals surface area contributed by atoms with Gasteiger partial charge in [-0.3, -0.25) is 4.40 Å². The number of pyridine rings is 1. The number of hydrogen-bond donors (Lipinski definition) is 3. The number of carboxylic acid groups (broad SMARTS) is 1. The third-order valence-electron chi connectivity index (χ3n) is 6.14. The normalized spacial score (nSPS) is 11.7. The van der Waals surface area contributed by atoms with Gasteiger partial charge in [-0.25, -0.2) is 14.6 Å². The van der Waals surface area contributed by atoms with E-state index in [0.717, 1.165) is 27.9 Å². The standard InChI is InChI=1S/C27H27N5O4/c1-3-19-17(2)20(15-28)24-25(32-14-8-7-11-22(32)31-24)23(19)29-13-12-21(26(33)34)30-27(35)36-16-18-9-5-4-6-10-18/h4-11,14,21,29H,3,12-13,16H2,1-2H3,(H,30,35)(H,33,34)/t21-/m0/s1. The third kappa shape index (κ3) is 4.93. The van der Waals surface area contributed by atoms with Crippen molar-refractivity contribution in [3.8, 4) is 6.07 Å². The summed E-state index contributed by atoms with van der Waals surface area (Å²) in [5.74, 6) is -1.15. The van der Waals surface area contributed by atoms with Gasteiger partial charge in [-0.05, 0) is 48.6 Å². The number of carbonyl (C=O) groups excluding carboxylic acids is 1. The van der Waals surface area contributed by atoms with Gasteiger partial charge in [0.1, 0.15) is 29.9 Å². The summed E-state index contributed by atoms with van der Waals surface area (Å²) in [4.78, 5) is 28.7. The first-order valence-electron chi connectivity index (χ1n) is 11.7. The molecule has 1 amide bonds. The van der Waals surface area contributed by atoms with Crippen LogP contribution in [0.3, 0.4) is 0 Å². The number of fused-ring (bicyclic) bond motifs is 3. The van der Waals surface area contributed by atoms with E-state index >= 15 is 0 Å². The van der Waals surface area contributed by atoms with Crippen LogP contribution < -0.4 is 10.6 Å². The predicted octanol–water partition coefficient (Wildman–Crippen LogP) is 4.41. The minimum Gasteiger partial charge on any atom is -0.480 e. The van der Waals surface area contributed by atoms with Crippen molar-refractivity contribution < 1.29 is 19.4 Å². The quantitative estimate of drug-likeness (QED) is 0.320. The lowest BCUT2D eigenvalue weighted by Gasteiger charge is -2.19. The Morgan fingerprint density at radius 3 is 2.64 bits per heavy atom. The van der Waals surface area contributed by atoms with Gasteiger partial charge in [-0.1, -0.05) is 43.3 Å². The molecule has 0 aliphatic carbocycles. The molecule has 0 fully saturated rings. The lowest BCUT2D eigenvalue weighted by molar-refractivity contribution is -0.139. The summed E-state index contributed by atoms with van der Waals surface area (Å²) < 4.78 is 7.09. The zero-order valence-corrected chi connectivity index (χ0v) is 20.1. The van der Waals surface area contributed by atoms with Gasteiger partial charge >= 0.3 is 12.1 Å². The summed E-state index contributed by atoms with van der Waals surface area (Å²) in [5.41, 5.74) is 6.03. The number of ether oxygens (including phenoxy) is 1. The van der Waals surface area contributed by atoms with Gasteiger partial charge in [0.15, 0.2) is 0 Å². The zero-order valence-electron chi connectivity index (χ0n) is 20.1. The highest BCUT2D eigenvalue weighted by atomic mass is 16.5. The molecule has 4 rings (SSSR count). The minimum atomic E-state index is -1.15. The average molecular weight is 486 g/mol. The van der Waals surface area contributed by atoms with E-state index in [1.165, 1.54) is 0 Å². The molecule has 36 heavy (non-hydrogen) atoms. The maximum atomic E-state index is 12.2. The van der Waals surface area contributed by atoms with Crippen LogP contribution in [0.5, 0.6) is 0 Å². The molecular weight excluding hydrogens is 458 g/mol. The van der Waals surface area contributed by atoms with Crippen LogP contribution in [0.25, 0.3) is 16.7 Å². The summed E-state index contributed by atoms with van der Waals surface area (Å²) in [6.45, 7) is 4.22. The second-order valence-corrected chi connectivity index (χ2v) is 8.37. The highest BCUT2D eigenvalue weighted by Gasteiger charge is 2.23. The maximum Gasteiger partial charge on any atom is 0.408 e. The Hall–Kier alpha value is -4.58. The summed E-state index contributed by atoms with van der Waals surface area (Å²) in [7, 11) is 0. The van der Waals surface area contributed by atoms with Crippen molar-refractivity contribution in [1.29, 1.82) is 5.26 Å². The van der Waals surface area contributed by atoms with Gasteiger partial charge in [0, 0.05) is 12.7 Å². The molecule has 0 aliphatic rings. The third-order valence-corrected chi connectivity index (χ3v) is 6.14. The van der Waals surface area contributed by atoms with Crippen LogP contribution in [0.4, 0.5) is 10.5 Å². The molecule has 184 valence electrons. The Kier molecular flexibility index (Phi) is 7.35. The number of carbonyl (C=O) groups is 2. The van der Waals surface area contributed by atoms with Crippen LogP contribution in [0.2, 0.25) is 0 Å². The topological polar surface area (TPSA) is 129 Å². The molecule has 1 atom stereocenters. The zero-order chi connectivity index (χ0) is 25.7. The highest BCUT2D eigenvalue weighted by molar-refractivity contribution is 5.98. The maximum absolute atomic E-state index is 12.2. The van der Waals surface area contributed by atoms with Gasteiger partial charge in [0.05, 0.1) is 16.8 Å². The number of benzene rings is 2. The van der Waals surface area contributed by atoms with Gasteiger partial charge in [-0.15, -0.1) is 0 Å². The number of alkyl carbamates (subject to hydrolysis) is 1. The van der Waals surface area contributed by atoms with Crippen LogP contribution in [-0.2, 0) is 22.6 Å². The molecule has 0 saturated heterocycles. The van der Waals surface area contributed by atoms with E-state index in [4.69, 9.17) is 4.74 Å². The van der Waals surface area contributed by atoms with E-state index in [2.05, 4.69) is 21.7 Å². The number of nitrogens with one attached hydrogen (secondary N) is 2. The molecule has 0 aliphatic heterocycles. The van der Waals surface area contributed by atoms with Crippen molar-refractivity contribution in [3.63, 3.8) is 0 Å². The Balaban J connectivity index is 1.53. The number of aromatic nitrogens is 2. The fourth-order valence-electron chi connectivity index (χ4n) is 4.34. The largest absolute Gasteiger partial charge is 0.480 e. The van der Waals surface area contributed by atoms with Crippen molar-refractivity contribution in [3.05, 3.63) is 77.0 Å². The molecule has 2 aromatic carbocycles. The van der Waals surface area contributed by atoms with Crippen LogP contribution >= 0.6 is 0 Å². The van der Waals surface area contributed by atoms with E-state index in [9.17, 15) is 20.0 Å². The van der Waals surface area contributed by atoms with Crippen LogP contribution in [0, 0.1) is 18.3 Å². The Morgan fingerprint density at radius 2 is 1.94 bits per heavy atom. The number of aliphatic carboxylic acids is 1. The van der Waals surface area contributed by atoms with Gasteiger partial charge in [-0.2, -0.15) is 5.26 Å². The molecule has 9 heteroatoms. The minimum absolute atomic E-state index is 0.0495. The highest BCUT2D eigenvalue weighted by Crippen LogP contribution is 2.35. The van der Waals surface area contributed by atoms with Crippen molar-refractivity contribution in [1.82, 2.24) is 14.7 Å². The first kappa shape index (κ1) is 24.5. The number of amides is 1. The Bertz CT molecular complexity index is 1460. The van der Waals surface area contributed by atoms with Gasteiger partial charge in [0.2, 0.25) is 0 Å². The number of rotatable bonds is 9. The first-order chi connectivity index (χ1) is 17.4. The lowest BCUT2D eigenvalue weighted by Crippen LogP contribution is -2.42. The molecule has 2 heterocycles. The lowest BCUT2D eigenvalue weighted by atomic mass is 9.96. The fraction of sp³-hybridized carbons (Fsp3) is 0.259. The number of nitriles is 1. The molecule has 0 spiro atoms. The van der Waals surface area contributed by atoms with E-state index < -0.39 is 18.1 Å². The second kappa shape index (κ2) is 10.8. The van der Waals surface area contributed by atoms with E-state index in [-0.39, 0.29) is 19.6 Å².